The number of halogens is 1. The Labute approximate surface area is 154 Å². The van der Waals surface area contributed by atoms with Gasteiger partial charge in [0.25, 0.3) is 0 Å². The van der Waals surface area contributed by atoms with Crippen LogP contribution in [0.5, 0.6) is 0 Å². The second kappa shape index (κ2) is 7.33. The number of hydrogen-bond donors (Lipinski definition) is 0. The normalized spacial score (nSPS) is 12.2. The molecule has 0 saturated carbocycles. The molecule has 0 N–H and O–H groups in total. The van der Waals surface area contributed by atoms with Gasteiger partial charge in [-0.1, -0.05) is 29.4 Å². The molecular formula is C17H16ClN3O3S. The number of furan rings is 1. The Morgan fingerprint density at radius 1 is 1.36 bits per heavy atom. The number of rotatable bonds is 5. The van der Waals surface area contributed by atoms with E-state index in [-0.39, 0.29) is 11.0 Å². The summed E-state index contributed by atoms with van der Waals surface area (Å²) in [6.45, 7) is 3.91. The minimum atomic E-state index is -0.499. The minimum Gasteiger partial charge on any atom is -0.463 e. The average molecular weight is 378 g/mol. The van der Waals surface area contributed by atoms with Crippen molar-refractivity contribution in [1.29, 1.82) is 0 Å². The summed E-state index contributed by atoms with van der Waals surface area (Å²) in [4.78, 5) is 11.5. The third-order valence-electron chi connectivity index (χ3n) is 3.65. The molecule has 3 rings (SSSR count). The lowest BCUT2D eigenvalue weighted by Crippen LogP contribution is -1.99. The van der Waals surface area contributed by atoms with Gasteiger partial charge in [0.2, 0.25) is 5.76 Å². The van der Waals surface area contributed by atoms with Gasteiger partial charge in [0.15, 0.2) is 5.16 Å². The van der Waals surface area contributed by atoms with Crippen molar-refractivity contribution in [2.75, 3.05) is 7.11 Å². The van der Waals surface area contributed by atoms with Crippen molar-refractivity contribution in [2.45, 2.75) is 24.3 Å². The van der Waals surface area contributed by atoms with Crippen LogP contribution in [0.4, 0.5) is 0 Å². The molecule has 0 unspecified atom stereocenters. The molecule has 0 radical (unpaired) electrons. The number of carbonyl (C=O) groups is 1. The van der Waals surface area contributed by atoms with Crippen molar-refractivity contribution in [3.8, 4) is 5.69 Å². The molecule has 6 nitrogen and oxygen atoms in total. The summed E-state index contributed by atoms with van der Waals surface area (Å²) in [5, 5.41) is 9.47. The highest BCUT2D eigenvalue weighted by Crippen LogP contribution is 2.35. The summed E-state index contributed by atoms with van der Waals surface area (Å²) in [7, 11) is 1.32. The van der Waals surface area contributed by atoms with Gasteiger partial charge in [0.05, 0.1) is 18.0 Å². The molecule has 130 valence electrons. The number of esters is 1. The molecule has 0 aliphatic carbocycles. The smallest absolute Gasteiger partial charge is 0.373 e. The first-order chi connectivity index (χ1) is 12.0. The minimum absolute atomic E-state index is 0.0673. The van der Waals surface area contributed by atoms with E-state index < -0.39 is 5.97 Å². The van der Waals surface area contributed by atoms with E-state index in [1.165, 1.54) is 18.9 Å². The monoisotopic (exact) mass is 377 g/mol. The maximum absolute atomic E-state index is 11.5. The standard InChI is InChI=1S/C17H16ClN3O3S/c1-10-4-5-12(8-13(10)18)21-9-19-20-17(21)25-11(2)14-6-7-15(24-14)16(22)23-3/h4-9,11H,1-3H3/t11-/m0/s1. The second-order valence-electron chi connectivity index (χ2n) is 5.37. The molecule has 2 aromatic heterocycles. The zero-order valence-electron chi connectivity index (χ0n) is 13.9. The van der Waals surface area contributed by atoms with E-state index in [0.717, 1.165) is 11.3 Å². The second-order valence-corrected chi connectivity index (χ2v) is 7.09. The summed E-state index contributed by atoms with van der Waals surface area (Å²) in [5.41, 5.74) is 1.89. The molecule has 1 atom stereocenters. The van der Waals surface area contributed by atoms with Crippen LogP contribution in [-0.4, -0.2) is 27.8 Å². The number of nitrogens with zero attached hydrogens (tertiary/aromatic N) is 3. The molecule has 8 heteroatoms. The van der Waals surface area contributed by atoms with Crippen molar-refractivity contribution in [3.63, 3.8) is 0 Å². The molecule has 25 heavy (non-hydrogen) atoms. The Morgan fingerprint density at radius 2 is 2.16 bits per heavy atom. The van der Waals surface area contributed by atoms with Crippen LogP contribution in [0.3, 0.4) is 0 Å². The van der Waals surface area contributed by atoms with Crippen LogP contribution in [0.2, 0.25) is 5.02 Å². The quantitative estimate of drug-likeness (QED) is 0.483. The van der Waals surface area contributed by atoms with Gasteiger partial charge in [-0.3, -0.25) is 4.57 Å². The fraction of sp³-hybridized carbons (Fsp3) is 0.235. The summed E-state index contributed by atoms with van der Waals surface area (Å²) in [5.74, 6) is 0.333. The molecule has 0 amide bonds. The van der Waals surface area contributed by atoms with Crippen LogP contribution < -0.4 is 0 Å². The zero-order valence-corrected chi connectivity index (χ0v) is 15.5. The van der Waals surface area contributed by atoms with E-state index in [9.17, 15) is 4.79 Å². The molecule has 0 aliphatic heterocycles. The third kappa shape index (κ3) is 3.72. The molecule has 0 spiro atoms. The van der Waals surface area contributed by atoms with E-state index >= 15 is 0 Å². The van der Waals surface area contributed by atoms with Gasteiger partial charge in [-0.2, -0.15) is 0 Å². The van der Waals surface area contributed by atoms with Crippen molar-refractivity contribution >= 4 is 29.3 Å². The molecule has 0 fully saturated rings. The first-order valence-corrected chi connectivity index (χ1v) is 8.76. The number of benzene rings is 1. The van der Waals surface area contributed by atoms with Crippen LogP contribution in [0.25, 0.3) is 5.69 Å². The Hall–Kier alpha value is -2.25. The lowest BCUT2D eigenvalue weighted by atomic mass is 10.2. The molecule has 3 aromatic rings. The summed E-state index contributed by atoms with van der Waals surface area (Å²) in [6, 6.07) is 9.14. The highest BCUT2D eigenvalue weighted by atomic mass is 35.5. The van der Waals surface area contributed by atoms with Crippen LogP contribution >= 0.6 is 23.4 Å². The number of hydrogen-bond acceptors (Lipinski definition) is 6. The number of aryl methyl sites for hydroxylation is 1. The van der Waals surface area contributed by atoms with Crippen LogP contribution in [0.15, 0.2) is 46.2 Å². The predicted molar refractivity (Wildman–Crippen MR) is 95.4 cm³/mol. The molecule has 1 aromatic carbocycles. The zero-order chi connectivity index (χ0) is 18.0. The van der Waals surface area contributed by atoms with Crippen molar-refractivity contribution in [3.05, 3.63) is 58.8 Å². The SMILES string of the molecule is COC(=O)c1ccc([C@H](C)Sc2nncn2-c2ccc(C)c(Cl)c2)o1. The van der Waals surface area contributed by atoms with Crippen molar-refractivity contribution in [2.24, 2.45) is 0 Å². The van der Waals surface area contributed by atoms with E-state index in [1.807, 2.05) is 36.6 Å². The lowest BCUT2D eigenvalue weighted by Gasteiger charge is -2.10. The van der Waals surface area contributed by atoms with Gasteiger partial charge >= 0.3 is 5.97 Å². The van der Waals surface area contributed by atoms with E-state index in [0.29, 0.717) is 15.9 Å². The average Bonchev–Trinajstić information content (AvgIpc) is 3.26. The summed E-state index contributed by atoms with van der Waals surface area (Å²) in [6.07, 6.45) is 1.64. The number of methoxy groups -OCH3 is 1. The van der Waals surface area contributed by atoms with Crippen molar-refractivity contribution in [1.82, 2.24) is 14.8 Å². The van der Waals surface area contributed by atoms with Crippen molar-refractivity contribution < 1.29 is 13.9 Å². The maximum Gasteiger partial charge on any atom is 0.373 e. The predicted octanol–water partition coefficient (Wildman–Crippen LogP) is 4.46. The summed E-state index contributed by atoms with van der Waals surface area (Å²) >= 11 is 7.68. The number of carbonyl (C=O) groups excluding carboxylic acids is 1. The first kappa shape index (κ1) is 17.6. The Balaban J connectivity index is 1.82. The van der Waals surface area contributed by atoms with Crippen LogP contribution in [-0.2, 0) is 4.74 Å². The molecule has 2 heterocycles. The van der Waals surface area contributed by atoms with Gasteiger partial charge in [0.1, 0.15) is 12.1 Å². The fourth-order valence-corrected chi connectivity index (χ4v) is 3.31. The highest BCUT2D eigenvalue weighted by molar-refractivity contribution is 7.99. The van der Waals surface area contributed by atoms with Gasteiger partial charge < -0.3 is 9.15 Å². The molecular weight excluding hydrogens is 362 g/mol. The van der Waals surface area contributed by atoms with E-state index in [4.69, 9.17) is 16.0 Å². The highest BCUT2D eigenvalue weighted by Gasteiger charge is 2.19. The topological polar surface area (TPSA) is 70.2 Å². The third-order valence-corrected chi connectivity index (χ3v) is 5.13. The first-order valence-electron chi connectivity index (χ1n) is 7.51. The lowest BCUT2D eigenvalue weighted by molar-refractivity contribution is 0.0563. The number of thioether (sulfide) groups is 1. The fourth-order valence-electron chi connectivity index (χ4n) is 2.21. The van der Waals surface area contributed by atoms with E-state index in [2.05, 4.69) is 14.9 Å². The number of aromatic nitrogens is 3. The van der Waals surface area contributed by atoms with Crippen LogP contribution in [0, 0.1) is 6.92 Å². The van der Waals surface area contributed by atoms with Gasteiger partial charge in [-0.05, 0) is 43.7 Å². The maximum atomic E-state index is 11.5. The molecule has 0 aliphatic rings. The Kier molecular flexibility index (Phi) is 5.15. The molecule has 0 bridgehead atoms. The Bertz CT molecular complexity index is 906. The van der Waals surface area contributed by atoms with Gasteiger partial charge in [-0.25, -0.2) is 4.79 Å². The number of ether oxygens (including phenoxy) is 1. The van der Waals surface area contributed by atoms with Crippen LogP contribution in [0.1, 0.15) is 34.1 Å². The molecule has 0 saturated heterocycles. The Morgan fingerprint density at radius 3 is 2.88 bits per heavy atom. The van der Waals surface area contributed by atoms with Gasteiger partial charge in [0, 0.05) is 5.02 Å². The largest absolute Gasteiger partial charge is 0.463 e. The van der Waals surface area contributed by atoms with E-state index in [1.54, 1.807) is 18.5 Å². The van der Waals surface area contributed by atoms with Gasteiger partial charge in [-0.15, -0.1) is 10.2 Å². The summed E-state index contributed by atoms with van der Waals surface area (Å²) < 4.78 is 12.1.